The van der Waals surface area contributed by atoms with Crippen molar-refractivity contribution in [1.29, 1.82) is 0 Å². The minimum Gasteiger partial charge on any atom is -0.461 e. The summed E-state index contributed by atoms with van der Waals surface area (Å²) in [6.07, 6.45) is 5.88. The zero-order chi connectivity index (χ0) is 18.0. The topological polar surface area (TPSA) is 57.0 Å². The maximum Gasteiger partial charge on any atom is 0.326 e. The third-order valence-electron chi connectivity index (χ3n) is 5.45. The molecule has 1 fully saturated rings. The molecule has 1 aliphatic rings. The molecule has 0 saturated heterocycles. The Labute approximate surface area is 149 Å². The van der Waals surface area contributed by atoms with Crippen LogP contribution in [-0.4, -0.2) is 26.6 Å². The molecule has 0 spiro atoms. The highest BCUT2D eigenvalue weighted by Gasteiger charge is 2.33. The van der Waals surface area contributed by atoms with Crippen LogP contribution in [0.15, 0.2) is 18.3 Å². The van der Waals surface area contributed by atoms with Crippen LogP contribution in [0.2, 0.25) is 0 Å². The van der Waals surface area contributed by atoms with Gasteiger partial charge in [-0.25, -0.2) is 9.97 Å². The molecule has 2 heterocycles. The fourth-order valence-electron chi connectivity index (χ4n) is 4.04. The van der Waals surface area contributed by atoms with Gasteiger partial charge in [0, 0.05) is 12.6 Å². The van der Waals surface area contributed by atoms with Crippen LogP contribution in [0.5, 0.6) is 0 Å². The summed E-state index contributed by atoms with van der Waals surface area (Å²) in [4.78, 5) is 21.5. The van der Waals surface area contributed by atoms with E-state index in [1.807, 2.05) is 23.6 Å². The third-order valence-corrected chi connectivity index (χ3v) is 5.45. The van der Waals surface area contributed by atoms with E-state index >= 15 is 0 Å². The van der Waals surface area contributed by atoms with E-state index in [-0.39, 0.29) is 18.6 Å². The predicted molar refractivity (Wildman–Crippen MR) is 98.1 cm³/mol. The Morgan fingerprint density at radius 3 is 2.92 bits per heavy atom. The molecule has 1 saturated carbocycles. The van der Waals surface area contributed by atoms with E-state index in [1.54, 1.807) is 6.20 Å². The molecule has 5 nitrogen and oxygen atoms in total. The van der Waals surface area contributed by atoms with E-state index in [0.717, 1.165) is 30.6 Å². The number of aryl methyl sites for hydroxylation is 1. The molecule has 3 rings (SSSR count). The van der Waals surface area contributed by atoms with Crippen LogP contribution in [0.3, 0.4) is 0 Å². The monoisotopic (exact) mass is 343 g/mol. The lowest BCUT2D eigenvalue weighted by atomic mass is 9.75. The van der Waals surface area contributed by atoms with Crippen LogP contribution in [-0.2, 0) is 22.5 Å². The van der Waals surface area contributed by atoms with Crippen LogP contribution in [0, 0.1) is 17.8 Å². The maximum atomic E-state index is 12.7. The number of ether oxygens (including phenoxy) is 1. The lowest BCUT2D eigenvalue weighted by Gasteiger charge is -2.36. The second-order valence-corrected chi connectivity index (χ2v) is 7.67. The molecule has 1 aliphatic carbocycles. The Morgan fingerprint density at radius 1 is 1.40 bits per heavy atom. The highest BCUT2D eigenvalue weighted by atomic mass is 16.5. The van der Waals surface area contributed by atoms with Gasteiger partial charge in [0.25, 0.3) is 0 Å². The summed E-state index contributed by atoms with van der Waals surface area (Å²) in [5, 5.41) is 0. The SMILES string of the molecule is CCc1nc2ncccc2n1CC(=O)O[C@@H]1C[C@H](C)CC[C@H]1C(C)C. The van der Waals surface area contributed by atoms with Gasteiger partial charge >= 0.3 is 5.97 Å². The van der Waals surface area contributed by atoms with Gasteiger partial charge < -0.3 is 9.30 Å². The largest absolute Gasteiger partial charge is 0.461 e. The van der Waals surface area contributed by atoms with Gasteiger partial charge in [-0.15, -0.1) is 0 Å². The van der Waals surface area contributed by atoms with Crippen LogP contribution in [0.4, 0.5) is 0 Å². The molecule has 2 aromatic rings. The number of aromatic nitrogens is 3. The van der Waals surface area contributed by atoms with Gasteiger partial charge in [0.15, 0.2) is 5.65 Å². The molecule has 0 aromatic carbocycles. The molecule has 0 radical (unpaired) electrons. The van der Waals surface area contributed by atoms with Gasteiger partial charge in [-0.1, -0.05) is 34.1 Å². The number of carbonyl (C=O) groups is 1. The number of pyridine rings is 1. The first-order chi connectivity index (χ1) is 12.0. The van der Waals surface area contributed by atoms with E-state index in [4.69, 9.17) is 4.74 Å². The van der Waals surface area contributed by atoms with Crippen LogP contribution in [0.25, 0.3) is 11.2 Å². The van der Waals surface area contributed by atoms with Crippen molar-refractivity contribution in [3.8, 4) is 0 Å². The van der Waals surface area contributed by atoms with E-state index in [0.29, 0.717) is 23.4 Å². The smallest absolute Gasteiger partial charge is 0.326 e. The number of nitrogens with zero attached hydrogens (tertiary/aromatic N) is 3. The molecule has 25 heavy (non-hydrogen) atoms. The van der Waals surface area contributed by atoms with Crippen molar-refractivity contribution in [2.75, 3.05) is 0 Å². The fourth-order valence-corrected chi connectivity index (χ4v) is 4.04. The summed E-state index contributed by atoms with van der Waals surface area (Å²) in [6.45, 7) is 8.96. The lowest BCUT2D eigenvalue weighted by Crippen LogP contribution is -2.36. The average molecular weight is 343 g/mol. The molecule has 136 valence electrons. The molecular formula is C20H29N3O2. The number of carbonyl (C=O) groups excluding carboxylic acids is 1. The zero-order valence-electron chi connectivity index (χ0n) is 15.7. The quantitative estimate of drug-likeness (QED) is 0.770. The molecule has 0 N–H and O–H groups in total. The lowest BCUT2D eigenvalue weighted by molar-refractivity contribution is -0.156. The summed E-state index contributed by atoms with van der Waals surface area (Å²) in [5.74, 6) is 2.34. The summed E-state index contributed by atoms with van der Waals surface area (Å²) in [5.41, 5.74) is 1.59. The van der Waals surface area contributed by atoms with Crippen molar-refractivity contribution < 1.29 is 9.53 Å². The summed E-state index contributed by atoms with van der Waals surface area (Å²) in [7, 11) is 0. The van der Waals surface area contributed by atoms with Crippen molar-refractivity contribution >= 4 is 17.1 Å². The highest BCUT2D eigenvalue weighted by Crippen LogP contribution is 2.35. The van der Waals surface area contributed by atoms with Gasteiger partial charge in [0.2, 0.25) is 0 Å². The zero-order valence-corrected chi connectivity index (χ0v) is 15.7. The number of hydrogen-bond acceptors (Lipinski definition) is 4. The van der Waals surface area contributed by atoms with E-state index in [2.05, 4.69) is 30.7 Å². The normalized spacial score (nSPS) is 24.0. The van der Waals surface area contributed by atoms with Gasteiger partial charge in [0.1, 0.15) is 18.5 Å². The van der Waals surface area contributed by atoms with Crippen molar-refractivity contribution in [1.82, 2.24) is 14.5 Å². The average Bonchev–Trinajstić information content (AvgIpc) is 2.92. The van der Waals surface area contributed by atoms with Crippen molar-refractivity contribution in [3.63, 3.8) is 0 Å². The van der Waals surface area contributed by atoms with Gasteiger partial charge in [-0.2, -0.15) is 0 Å². The van der Waals surface area contributed by atoms with Gasteiger partial charge in [-0.05, 0) is 42.7 Å². The first-order valence-electron chi connectivity index (χ1n) is 9.49. The Hall–Kier alpha value is -1.91. The predicted octanol–water partition coefficient (Wildman–Crippen LogP) is 4.00. The number of imidazole rings is 1. The highest BCUT2D eigenvalue weighted by molar-refractivity contribution is 5.76. The first kappa shape index (κ1) is 17.9. The van der Waals surface area contributed by atoms with Crippen molar-refractivity contribution in [2.24, 2.45) is 17.8 Å². The molecule has 0 bridgehead atoms. The number of hydrogen-bond donors (Lipinski definition) is 0. The van der Waals surface area contributed by atoms with E-state index in [9.17, 15) is 4.79 Å². The van der Waals surface area contributed by atoms with Crippen LogP contribution < -0.4 is 0 Å². The van der Waals surface area contributed by atoms with Crippen molar-refractivity contribution in [3.05, 3.63) is 24.2 Å². The minimum atomic E-state index is -0.164. The minimum absolute atomic E-state index is 0.0363. The second-order valence-electron chi connectivity index (χ2n) is 7.67. The second kappa shape index (κ2) is 7.54. The Morgan fingerprint density at radius 2 is 2.20 bits per heavy atom. The summed E-state index contributed by atoms with van der Waals surface area (Å²) < 4.78 is 7.90. The maximum absolute atomic E-state index is 12.7. The third kappa shape index (κ3) is 3.86. The molecule has 0 amide bonds. The Kier molecular flexibility index (Phi) is 5.40. The Balaban J connectivity index is 1.76. The summed E-state index contributed by atoms with van der Waals surface area (Å²) in [6, 6.07) is 3.84. The molecule has 2 aromatic heterocycles. The van der Waals surface area contributed by atoms with E-state index < -0.39 is 0 Å². The number of fused-ring (bicyclic) bond motifs is 1. The fraction of sp³-hybridized carbons (Fsp3) is 0.650. The molecule has 0 aliphatic heterocycles. The number of esters is 1. The van der Waals surface area contributed by atoms with Crippen molar-refractivity contribution in [2.45, 2.75) is 66.0 Å². The van der Waals surface area contributed by atoms with E-state index in [1.165, 1.54) is 6.42 Å². The van der Waals surface area contributed by atoms with Crippen LogP contribution in [0.1, 0.15) is 52.8 Å². The number of rotatable bonds is 5. The molecule has 5 heteroatoms. The molecule has 3 atom stereocenters. The summed E-state index contributed by atoms with van der Waals surface area (Å²) >= 11 is 0. The van der Waals surface area contributed by atoms with Gasteiger partial charge in [0.05, 0.1) is 5.52 Å². The molecule has 0 unspecified atom stereocenters. The standard InChI is InChI=1S/C20H29N3O2/c1-5-18-22-20-16(7-6-10-21-20)23(18)12-19(24)25-17-11-14(4)8-9-15(17)13(2)3/h6-7,10,13-15,17H,5,8-9,11-12H2,1-4H3/t14-,15+,17-/m1/s1. The van der Waals surface area contributed by atoms with Crippen LogP contribution >= 0.6 is 0 Å². The first-order valence-corrected chi connectivity index (χ1v) is 9.49. The molecular weight excluding hydrogens is 314 g/mol. The van der Waals surface area contributed by atoms with Gasteiger partial charge in [-0.3, -0.25) is 4.79 Å². The Bertz CT molecular complexity index is 738.